The number of nitrogens with zero attached hydrogens (tertiary/aromatic N) is 6. The van der Waals surface area contributed by atoms with Gasteiger partial charge in [-0.3, -0.25) is 0 Å². The monoisotopic (exact) mass is 366 g/mol. The Morgan fingerprint density at radius 2 is 2.23 bits per heavy atom. The van der Waals surface area contributed by atoms with Crippen molar-refractivity contribution in [2.24, 2.45) is 33.1 Å². The fourth-order valence-corrected chi connectivity index (χ4v) is 3.24. The number of hydrogen-bond acceptors (Lipinski definition) is 5. The van der Waals surface area contributed by atoms with Crippen molar-refractivity contribution in [1.29, 1.82) is 0 Å². The Morgan fingerprint density at radius 3 is 2.95 bits per heavy atom. The molecule has 1 fully saturated rings. The lowest BCUT2D eigenvalue weighted by Gasteiger charge is -2.36. The summed E-state index contributed by atoms with van der Waals surface area (Å²) in [5.74, 6) is 11.9. The highest BCUT2D eigenvalue weighted by Gasteiger charge is 2.26. The number of nitrogens with two attached hydrogens (primary N) is 2. The molecule has 0 heterocycles. The van der Waals surface area contributed by atoms with Crippen molar-refractivity contribution in [2.45, 2.75) is 31.7 Å². The van der Waals surface area contributed by atoms with E-state index < -0.39 is 0 Å². The van der Waals surface area contributed by atoms with Gasteiger partial charge in [-0.25, -0.2) is 5.84 Å². The van der Waals surface area contributed by atoms with E-state index in [1.165, 1.54) is 0 Å². The molecule has 0 aromatic heterocycles. The minimum absolute atomic E-state index is 0.181. The normalized spacial score (nSPS) is 21.5. The van der Waals surface area contributed by atoms with Crippen LogP contribution in [0.4, 0.5) is 11.4 Å². The molecule has 1 aliphatic rings. The summed E-state index contributed by atoms with van der Waals surface area (Å²) in [4.78, 5) is 2.84. The number of hydrazine groups is 1. The molecule has 8 nitrogen and oxygen atoms in total. The second kappa shape index (κ2) is 7.98. The van der Waals surface area contributed by atoms with Gasteiger partial charge in [0.25, 0.3) is 0 Å². The van der Waals surface area contributed by atoms with Gasteiger partial charge in [0.2, 0.25) is 0 Å². The van der Waals surface area contributed by atoms with E-state index in [9.17, 15) is 0 Å². The largest absolute Gasteiger partial charge is 0.306 e. The predicted molar refractivity (Wildman–Crippen MR) is 89.3 cm³/mol. The van der Waals surface area contributed by atoms with Gasteiger partial charge in [-0.05, 0) is 42.5 Å². The summed E-state index contributed by atoms with van der Waals surface area (Å²) in [6.07, 6.45) is 4.02. The van der Waals surface area contributed by atoms with E-state index in [-0.39, 0.29) is 6.04 Å². The van der Waals surface area contributed by atoms with E-state index in [1.807, 2.05) is 18.2 Å². The molecule has 2 atom stereocenters. The number of halogens is 1. The van der Waals surface area contributed by atoms with E-state index in [4.69, 9.17) is 17.2 Å². The van der Waals surface area contributed by atoms with Gasteiger partial charge in [0.05, 0.1) is 5.69 Å². The van der Waals surface area contributed by atoms with Crippen molar-refractivity contribution in [3.05, 3.63) is 33.1 Å². The molecule has 1 aliphatic carbocycles. The van der Waals surface area contributed by atoms with Crippen LogP contribution in [0.25, 0.3) is 10.4 Å². The summed E-state index contributed by atoms with van der Waals surface area (Å²) in [7, 11) is 0. The standard InChI is InChI=1S/C13H19BrN8/c14-10-4-5-13(12(7-10)19-21-16)22(17)11-3-1-2-9(6-11)8-18-20-15/h4-5,7,9,11H,1-3,6,8,17H2,(H2,16,19)/t9-,11+/m1/s1. The van der Waals surface area contributed by atoms with Crippen molar-refractivity contribution in [3.8, 4) is 0 Å². The van der Waals surface area contributed by atoms with E-state index in [0.29, 0.717) is 18.2 Å². The van der Waals surface area contributed by atoms with Gasteiger partial charge in [0, 0.05) is 22.0 Å². The lowest BCUT2D eigenvalue weighted by molar-refractivity contribution is 0.317. The zero-order chi connectivity index (χ0) is 15.9. The highest BCUT2D eigenvalue weighted by molar-refractivity contribution is 9.10. The van der Waals surface area contributed by atoms with Crippen LogP contribution >= 0.6 is 15.9 Å². The number of hydrogen-bond donors (Lipinski definition) is 2. The molecular weight excluding hydrogens is 348 g/mol. The maximum Gasteiger partial charge on any atom is 0.113 e. The molecule has 1 aromatic rings. The van der Waals surface area contributed by atoms with Gasteiger partial charge in [0.15, 0.2) is 0 Å². The summed E-state index contributed by atoms with van der Waals surface area (Å²) in [6.45, 7) is 0.524. The van der Waals surface area contributed by atoms with Gasteiger partial charge in [0.1, 0.15) is 5.69 Å². The Labute approximate surface area is 137 Å². The zero-order valence-corrected chi connectivity index (χ0v) is 13.7. The Kier molecular flexibility index (Phi) is 6.00. The van der Waals surface area contributed by atoms with Crippen LogP contribution in [0, 0.1) is 5.92 Å². The van der Waals surface area contributed by atoms with Gasteiger partial charge in [-0.2, -0.15) is 0 Å². The minimum atomic E-state index is 0.181. The van der Waals surface area contributed by atoms with Crippen LogP contribution in [-0.2, 0) is 0 Å². The fourth-order valence-electron chi connectivity index (χ4n) is 2.89. The molecule has 9 heteroatoms. The number of anilines is 1. The Balaban J connectivity index is 2.16. The average molecular weight is 367 g/mol. The van der Waals surface area contributed by atoms with E-state index in [0.717, 1.165) is 35.8 Å². The molecule has 4 N–H and O–H groups in total. The van der Waals surface area contributed by atoms with Crippen molar-refractivity contribution >= 4 is 27.3 Å². The third-order valence-electron chi connectivity index (χ3n) is 3.93. The number of rotatable bonds is 5. The minimum Gasteiger partial charge on any atom is -0.306 e. The molecule has 0 aliphatic heterocycles. The fraction of sp³-hybridized carbons (Fsp3) is 0.538. The van der Waals surface area contributed by atoms with E-state index in [2.05, 4.69) is 36.3 Å². The summed E-state index contributed by atoms with van der Waals surface area (Å²) in [5, 5.41) is 12.7. The second-order valence-corrected chi connectivity index (χ2v) is 6.27. The molecule has 22 heavy (non-hydrogen) atoms. The smallest absolute Gasteiger partial charge is 0.113 e. The molecule has 1 aromatic carbocycles. The Morgan fingerprint density at radius 1 is 1.41 bits per heavy atom. The van der Waals surface area contributed by atoms with Crippen molar-refractivity contribution in [3.63, 3.8) is 0 Å². The molecule has 0 amide bonds. The first kappa shape index (κ1) is 16.5. The lowest BCUT2D eigenvalue weighted by atomic mass is 9.85. The predicted octanol–water partition coefficient (Wildman–Crippen LogP) is 3.96. The van der Waals surface area contributed by atoms with Crippen LogP contribution in [0.3, 0.4) is 0 Å². The Hall–Kier alpha value is -1.83. The van der Waals surface area contributed by atoms with Crippen LogP contribution < -0.4 is 16.7 Å². The van der Waals surface area contributed by atoms with E-state index >= 15 is 0 Å². The summed E-state index contributed by atoms with van der Waals surface area (Å²) >= 11 is 3.40. The zero-order valence-electron chi connectivity index (χ0n) is 12.1. The molecule has 1 saturated carbocycles. The summed E-state index contributed by atoms with van der Waals surface area (Å²) in [5.41, 5.74) is 9.86. The van der Waals surface area contributed by atoms with Gasteiger partial charge >= 0.3 is 0 Å². The highest BCUT2D eigenvalue weighted by Crippen LogP contribution is 2.35. The summed E-state index contributed by atoms with van der Waals surface area (Å²) < 4.78 is 0.886. The number of benzene rings is 1. The van der Waals surface area contributed by atoms with E-state index in [1.54, 1.807) is 5.01 Å². The van der Waals surface area contributed by atoms with Gasteiger partial charge in [-0.1, -0.05) is 39.1 Å². The molecule has 0 bridgehead atoms. The average Bonchev–Trinajstić information content (AvgIpc) is 2.53. The van der Waals surface area contributed by atoms with Crippen LogP contribution in [0.15, 0.2) is 38.1 Å². The summed E-state index contributed by atoms with van der Waals surface area (Å²) in [6, 6.07) is 5.81. The molecule has 2 rings (SSSR count). The van der Waals surface area contributed by atoms with Crippen LogP contribution in [0.1, 0.15) is 25.7 Å². The first-order valence-electron chi connectivity index (χ1n) is 7.11. The quantitative estimate of drug-likeness (QED) is 0.269. The van der Waals surface area contributed by atoms with Gasteiger partial charge < -0.3 is 10.9 Å². The third-order valence-corrected chi connectivity index (χ3v) is 4.43. The highest BCUT2D eigenvalue weighted by atomic mass is 79.9. The van der Waals surface area contributed by atoms with Crippen molar-refractivity contribution in [2.75, 3.05) is 11.6 Å². The third kappa shape index (κ3) is 4.09. The van der Waals surface area contributed by atoms with Crippen molar-refractivity contribution in [1.82, 2.24) is 0 Å². The first-order chi connectivity index (χ1) is 10.7. The molecule has 0 spiro atoms. The molecular formula is C13H19BrN8. The maximum absolute atomic E-state index is 8.46. The topological polar surface area (TPSA) is 129 Å². The SMILES string of the molecule is [N-]=[N+]=NC[C@@H]1CCC[C@H](N(N)c2ccc(Br)cc2N=NN)C1. The first-order valence-corrected chi connectivity index (χ1v) is 7.90. The maximum atomic E-state index is 8.46. The van der Waals surface area contributed by atoms with Crippen LogP contribution in [-0.4, -0.2) is 12.6 Å². The lowest BCUT2D eigenvalue weighted by Crippen LogP contribution is -2.44. The van der Waals surface area contributed by atoms with Crippen LogP contribution in [0.2, 0.25) is 0 Å². The Bertz CT molecular complexity index is 583. The molecule has 0 unspecified atom stereocenters. The van der Waals surface area contributed by atoms with Crippen LogP contribution in [0.5, 0.6) is 0 Å². The molecule has 0 radical (unpaired) electrons. The second-order valence-electron chi connectivity index (χ2n) is 5.36. The van der Waals surface area contributed by atoms with Crippen molar-refractivity contribution < 1.29 is 0 Å². The van der Waals surface area contributed by atoms with Gasteiger partial charge in [-0.15, -0.1) is 5.11 Å². The molecule has 0 saturated heterocycles. The molecule has 118 valence electrons. The number of azide groups is 1.